The van der Waals surface area contributed by atoms with Gasteiger partial charge in [0.15, 0.2) is 5.78 Å². The summed E-state index contributed by atoms with van der Waals surface area (Å²) in [5, 5.41) is 0.450. The third-order valence-corrected chi connectivity index (χ3v) is 3.98. The molecular formula is C16H14BrClO2. The minimum absolute atomic E-state index is 0.0837. The van der Waals surface area contributed by atoms with Crippen molar-refractivity contribution in [3.63, 3.8) is 0 Å². The summed E-state index contributed by atoms with van der Waals surface area (Å²) in [6, 6.07) is 8.97. The highest BCUT2D eigenvalue weighted by molar-refractivity contribution is 9.10. The summed E-state index contributed by atoms with van der Waals surface area (Å²) in [6.07, 6.45) is 0. The molecule has 0 heterocycles. The second kappa shape index (κ2) is 5.98. The number of ether oxygens (including phenoxy) is 1. The Morgan fingerprint density at radius 2 is 1.80 bits per heavy atom. The number of ketones is 1. The van der Waals surface area contributed by atoms with Gasteiger partial charge in [-0.05, 0) is 55.3 Å². The van der Waals surface area contributed by atoms with E-state index in [9.17, 15) is 4.79 Å². The van der Waals surface area contributed by atoms with Crippen LogP contribution in [0.4, 0.5) is 0 Å². The summed E-state index contributed by atoms with van der Waals surface area (Å²) in [7, 11) is 1.62. The first-order chi connectivity index (χ1) is 9.43. The van der Waals surface area contributed by atoms with Crippen molar-refractivity contribution in [2.75, 3.05) is 7.11 Å². The first kappa shape index (κ1) is 15.1. The number of carbonyl (C=O) groups excluding carboxylic acids is 1. The first-order valence-electron chi connectivity index (χ1n) is 6.09. The summed E-state index contributed by atoms with van der Waals surface area (Å²) in [5.41, 5.74) is 2.93. The second-order valence-electron chi connectivity index (χ2n) is 4.59. The lowest BCUT2D eigenvalue weighted by molar-refractivity contribution is 0.103. The van der Waals surface area contributed by atoms with Crippen molar-refractivity contribution in [2.45, 2.75) is 13.8 Å². The summed E-state index contributed by atoms with van der Waals surface area (Å²) < 4.78 is 6.09. The van der Waals surface area contributed by atoms with Crippen LogP contribution in [0.15, 0.2) is 34.8 Å². The SMILES string of the molecule is COc1cc(C)c(C(=O)c2cc(Br)ccc2Cl)cc1C. The Hall–Kier alpha value is -1.32. The van der Waals surface area contributed by atoms with Crippen molar-refractivity contribution < 1.29 is 9.53 Å². The Labute approximate surface area is 131 Å². The van der Waals surface area contributed by atoms with Crippen LogP contribution in [0, 0.1) is 13.8 Å². The van der Waals surface area contributed by atoms with Crippen LogP contribution in [0.25, 0.3) is 0 Å². The van der Waals surface area contributed by atoms with Crippen molar-refractivity contribution in [1.29, 1.82) is 0 Å². The van der Waals surface area contributed by atoms with E-state index in [2.05, 4.69) is 15.9 Å². The lowest BCUT2D eigenvalue weighted by atomic mass is 9.97. The average molecular weight is 354 g/mol. The fourth-order valence-electron chi connectivity index (χ4n) is 2.07. The van der Waals surface area contributed by atoms with E-state index in [4.69, 9.17) is 16.3 Å². The van der Waals surface area contributed by atoms with Crippen molar-refractivity contribution in [1.82, 2.24) is 0 Å². The molecule has 0 aliphatic heterocycles. The monoisotopic (exact) mass is 352 g/mol. The van der Waals surface area contributed by atoms with Gasteiger partial charge in [0, 0.05) is 15.6 Å². The number of rotatable bonds is 3. The maximum atomic E-state index is 12.6. The Morgan fingerprint density at radius 1 is 1.10 bits per heavy atom. The number of hydrogen-bond donors (Lipinski definition) is 0. The van der Waals surface area contributed by atoms with Crippen LogP contribution in [0.5, 0.6) is 5.75 Å². The molecule has 2 aromatic rings. The molecule has 104 valence electrons. The molecule has 20 heavy (non-hydrogen) atoms. The van der Waals surface area contributed by atoms with Crippen LogP contribution < -0.4 is 4.74 Å². The molecule has 0 atom stereocenters. The molecule has 0 aliphatic rings. The number of hydrogen-bond acceptors (Lipinski definition) is 2. The minimum Gasteiger partial charge on any atom is -0.496 e. The molecule has 0 spiro atoms. The van der Waals surface area contributed by atoms with E-state index < -0.39 is 0 Å². The number of methoxy groups -OCH3 is 1. The van der Waals surface area contributed by atoms with Crippen molar-refractivity contribution in [3.8, 4) is 5.75 Å². The summed E-state index contributed by atoms with van der Waals surface area (Å²) in [6.45, 7) is 3.80. The summed E-state index contributed by atoms with van der Waals surface area (Å²) >= 11 is 9.49. The fraction of sp³-hybridized carbons (Fsp3) is 0.188. The number of aryl methyl sites for hydroxylation is 2. The van der Waals surface area contributed by atoms with Crippen molar-refractivity contribution in [2.24, 2.45) is 0 Å². The molecule has 2 rings (SSSR count). The predicted octanol–water partition coefficient (Wildman–Crippen LogP) is 4.96. The molecule has 2 nitrogen and oxygen atoms in total. The fourth-order valence-corrected chi connectivity index (χ4v) is 2.64. The quantitative estimate of drug-likeness (QED) is 0.729. The molecule has 0 aromatic heterocycles. The predicted molar refractivity (Wildman–Crippen MR) is 85.1 cm³/mol. The van der Waals surface area contributed by atoms with E-state index in [1.165, 1.54) is 0 Å². The standard InChI is InChI=1S/C16H14BrClO2/c1-9-7-15(20-3)10(2)6-12(9)16(19)13-8-11(17)4-5-14(13)18/h4-8H,1-3H3. The van der Waals surface area contributed by atoms with Gasteiger partial charge in [0.05, 0.1) is 12.1 Å². The van der Waals surface area contributed by atoms with Crippen LogP contribution in [0.1, 0.15) is 27.0 Å². The average Bonchev–Trinajstić information content (AvgIpc) is 2.42. The smallest absolute Gasteiger partial charge is 0.194 e. The minimum atomic E-state index is -0.0837. The molecule has 0 fully saturated rings. The molecule has 0 unspecified atom stereocenters. The van der Waals surface area contributed by atoms with Gasteiger partial charge < -0.3 is 4.74 Å². The van der Waals surface area contributed by atoms with Gasteiger partial charge >= 0.3 is 0 Å². The highest BCUT2D eigenvalue weighted by atomic mass is 79.9. The van der Waals surface area contributed by atoms with Gasteiger partial charge in [-0.3, -0.25) is 4.79 Å². The Morgan fingerprint density at radius 3 is 2.45 bits per heavy atom. The molecule has 0 N–H and O–H groups in total. The zero-order valence-electron chi connectivity index (χ0n) is 11.5. The van der Waals surface area contributed by atoms with E-state index in [0.29, 0.717) is 16.1 Å². The lowest BCUT2D eigenvalue weighted by Crippen LogP contribution is -2.06. The molecule has 4 heteroatoms. The third-order valence-electron chi connectivity index (χ3n) is 3.16. The van der Waals surface area contributed by atoms with Gasteiger partial charge in [-0.15, -0.1) is 0 Å². The van der Waals surface area contributed by atoms with Gasteiger partial charge in [0.1, 0.15) is 5.75 Å². The molecular weight excluding hydrogens is 340 g/mol. The molecule has 0 amide bonds. The first-order valence-corrected chi connectivity index (χ1v) is 7.26. The van der Waals surface area contributed by atoms with E-state index >= 15 is 0 Å². The zero-order chi connectivity index (χ0) is 14.9. The number of benzene rings is 2. The van der Waals surface area contributed by atoms with Crippen LogP contribution in [-0.4, -0.2) is 12.9 Å². The molecule has 0 saturated carbocycles. The van der Waals surface area contributed by atoms with Crippen molar-refractivity contribution in [3.05, 3.63) is 62.1 Å². The second-order valence-corrected chi connectivity index (χ2v) is 5.91. The van der Waals surface area contributed by atoms with Gasteiger partial charge in [-0.25, -0.2) is 0 Å². The van der Waals surface area contributed by atoms with Crippen LogP contribution in [0.3, 0.4) is 0 Å². The van der Waals surface area contributed by atoms with Gasteiger partial charge in [-0.2, -0.15) is 0 Å². The van der Waals surface area contributed by atoms with E-state index in [1.807, 2.05) is 32.0 Å². The Kier molecular flexibility index (Phi) is 4.51. The largest absolute Gasteiger partial charge is 0.496 e. The zero-order valence-corrected chi connectivity index (χ0v) is 13.8. The molecule has 2 aromatic carbocycles. The lowest BCUT2D eigenvalue weighted by Gasteiger charge is -2.11. The van der Waals surface area contributed by atoms with E-state index in [1.54, 1.807) is 19.2 Å². The Balaban J connectivity index is 2.54. The van der Waals surface area contributed by atoms with Crippen LogP contribution in [-0.2, 0) is 0 Å². The number of halogens is 2. The Bertz CT molecular complexity index is 680. The van der Waals surface area contributed by atoms with Gasteiger partial charge in [-0.1, -0.05) is 27.5 Å². The topological polar surface area (TPSA) is 26.3 Å². The molecule has 0 saturated heterocycles. The highest BCUT2D eigenvalue weighted by Crippen LogP contribution is 2.28. The van der Waals surface area contributed by atoms with Crippen molar-refractivity contribution >= 4 is 33.3 Å². The maximum Gasteiger partial charge on any atom is 0.194 e. The van der Waals surface area contributed by atoms with Gasteiger partial charge in [0.25, 0.3) is 0 Å². The highest BCUT2D eigenvalue weighted by Gasteiger charge is 2.17. The summed E-state index contributed by atoms with van der Waals surface area (Å²) in [4.78, 5) is 12.6. The van der Waals surface area contributed by atoms with E-state index in [-0.39, 0.29) is 5.78 Å². The third kappa shape index (κ3) is 2.89. The van der Waals surface area contributed by atoms with Crippen LogP contribution >= 0.6 is 27.5 Å². The van der Waals surface area contributed by atoms with Gasteiger partial charge in [0.2, 0.25) is 0 Å². The maximum absolute atomic E-state index is 12.6. The molecule has 0 bridgehead atoms. The summed E-state index contributed by atoms with van der Waals surface area (Å²) in [5.74, 6) is 0.693. The van der Waals surface area contributed by atoms with Crippen LogP contribution in [0.2, 0.25) is 5.02 Å². The normalized spacial score (nSPS) is 10.4. The number of carbonyl (C=O) groups is 1. The molecule has 0 radical (unpaired) electrons. The molecule has 0 aliphatic carbocycles. The van der Waals surface area contributed by atoms with E-state index in [0.717, 1.165) is 21.3 Å².